The van der Waals surface area contributed by atoms with Crippen molar-refractivity contribution in [3.63, 3.8) is 0 Å². The zero-order valence-corrected chi connectivity index (χ0v) is 40.5. The molecule has 0 saturated heterocycles. The van der Waals surface area contributed by atoms with Crippen molar-refractivity contribution in [3.8, 4) is 0 Å². The van der Waals surface area contributed by atoms with Crippen LogP contribution >= 0.6 is 0 Å². The first kappa shape index (κ1) is 62.3. The molecule has 0 bridgehead atoms. The molecule has 1 saturated carbocycles. The van der Waals surface area contributed by atoms with Crippen LogP contribution < -0.4 is 10.2 Å². The molecule has 0 atom stereocenters. The number of pyridine rings is 4. The zero-order chi connectivity index (χ0) is 45.6. The summed E-state index contributed by atoms with van der Waals surface area (Å²) in [6.45, 7) is 0. The molecule has 4 heterocycles. The molecule has 328 valence electrons. The van der Waals surface area contributed by atoms with Crippen LogP contribution in [0.3, 0.4) is 0 Å². The van der Waals surface area contributed by atoms with Crippen molar-refractivity contribution < 1.29 is 30.6 Å². The molecule has 6 aromatic rings. The molecule has 1 aliphatic carbocycles. The Balaban J connectivity index is -0.000000405. The minimum absolute atomic E-state index is 0. The molecule has 8 radical (unpaired) electrons. The summed E-state index contributed by atoms with van der Waals surface area (Å²) in [6.07, 6.45) is 15.1. The van der Waals surface area contributed by atoms with E-state index in [0.717, 1.165) is 14.2 Å². The smallest absolute Gasteiger partial charge is 0.0689 e. The van der Waals surface area contributed by atoms with Crippen molar-refractivity contribution in [3.05, 3.63) is 254 Å². The van der Waals surface area contributed by atoms with Crippen molar-refractivity contribution in [1.29, 1.82) is 0 Å². The van der Waals surface area contributed by atoms with Crippen LogP contribution in [-0.2, 0) is 0 Å². The minimum Gasteiger partial charge on any atom is -0.857 e. The molecule has 0 unspecified atom stereocenters. The number of hydrogen-bond donors (Lipinski definition) is 0. The summed E-state index contributed by atoms with van der Waals surface area (Å²) in [7, 11) is 1.50. The van der Waals surface area contributed by atoms with Crippen LogP contribution in [0.5, 0.6) is 0 Å². The quantitative estimate of drug-likeness (QED) is 0.135. The largest absolute Gasteiger partial charge is 0.857 e. The molecule has 62 heavy (non-hydrogen) atoms. The molecule has 4 aromatic heterocycles. The summed E-state index contributed by atoms with van der Waals surface area (Å²) < 4.78 is 0. The number of aromatic nitrogens is 4. The zero-order valence-electron chi connectivity index (χ0n) is 32.8. The molecule has 0 aliphatic heterocycles. The molecule has 1 fully saturated rings. The average Bonchev–Trinajstić information content (AvgIpc) is 3.25. The predicted octanol–water partition coefficient (Wildman–Crippen LogP) is 4.32. The van der Waals surface area contributed by atoms with Crippen molar-refractivity contribution in [2.75, 3.05) is 14.2 Å². The first-order valence-corrected chi connectivity index (χ1v) is 16.5. The molecule has 7 rings (SSSR count). The van der Waals surface area contributed by atoms with Crippen LogP contribution in [-0.4, -0.2) is 109 Å². The Morgan fingerprint density at radius 3 is 0.500 bits per heavy atom. The van der Waals surface area contributed by atoms with E-state index in [1.807, 2.05) is 122 Å². The molecule has 0 N–H and O–H groups in total. The SMILES string of the molecule is C[O-].C[O-].O=[N+]([O-])[O-].O=[N+]([O-])[O-].O=[N+]([O-])[O-].O=[N+]([O-])[O-].[Pb].[Pb].c1cc(C2C(c3ccncc3)C(c3ccncc3)C2c2ccncc2)ccn1.c1ccccc1.c1ccccc1. The fourth-order valence-electron chi connectivity index (χ4n) is 5.52. The van der Waals surface area contributed by atoms with Crippen LogP contribution in [0, 0.1) is 61.3 Å². The Hall–Kier alpha value is -6.40. The van der Waals surface area contributed by atoms with E-state index in [1.165, 1.54) is 22.3 Å². The van der Waals surface area contributed by atoms with Gasteiger partial charge in [0.1, 0.15) is 0 Å². The van der Waals surface area contributed by atoms with Gasteiger partial charge in [-0.25, -0.2) is 0 Å². The fraction of sp³-hybridized carbons (Fsp3) is 0.158. The van der Waals surface area contributed by atoms with E-state index in [2.05, 4.69) is 68.5 Å². The van der Waals surface area contributed by atoms with E-state index in [4.69, 9.17) is 71.5 Å². The number of hydrogen-bond acceptors (Lipinski definition) is 18. The first-order valence-electron chi connectivity index (χ1n) is 16.5. The predicted molar refractivity (Wildman–Crippen MR) is 226 cm³/mol. The van der Waals surface area contributed by atoms with Crippen molar-refractivity contribution in [2.45, 2.75) is 23.7 Å². The standard InChI is InChI=1S/C24H20N4.2C6H6.2CH3O.4NO3.2Pb/c1-9-25-10-2-17(1)21-22(18-3-11-26-12-4-18)24(20-7-15-28-16-8-20)23(21)19-5-13-27-14-6-19;2*1-2-4-6-5-3-1;2*1-2;4*2-1(3)4;;/h1-16,21-24H;2*1-6H;2*1H3;;;;;;/q;;;6*-1;;. The summed E-state index contributed by atoms with van der Waals surface area (Å²) >= 11 is 0. The Kier molecular flexibility index (Phi) is 41.5. The Labute approximate surface area is 395 Å². The van der Waals surface area contributed by atoms with Crippen LogP contribution in [0.1, 0.15) is 45.9 Å². The molecule has 0 spiro atoms. The number of rotatable bonds is 4. The maximum Gasteiger partial charge on any atom is 0.0689 e. The second-order valence-corrected chi connectivity index (χ2v) is 10.4. The van der Waals surface area contributed by atoms with Crippen LogP contribution in [0.4, 0.5) is 0 Å². The number of nitrogens with zero attached hydrogens (tertiary/aromatic N) is 8. The van der Waals surface area contributed by atoms with Crippen LogP contribution in [0.25, 0.3) is 0 Å². The second-order valence-electron chi connectivity index (χ2n) is 10.4. The number of benzene rings is 2. The van der Waals surface area contributed by atoms with E-state index in [0.29, 0.717) is 23.7 Å². The maximum atomic E-state index is 8.25. The van der Waals surface area contributed by atoms with Gasteiger partial charge in [-0.1, -0.05) is 72.8 Å². The van der Waals surface area contributed by atoms with Gasteiger partial charge in [0.15, 0.2) is 0 Å². The maximum absolute atomic E-state index is 8.25. The van der Waals surface area contributed by atoms with E-state index in [9.17, 15) is 0 Å². The second kappa shape index (κ2) is 41.3. The molecule has 2 aromatic carbocycles. The van der Waals surface area contributed by atoms with E-state index in [-0.39, 0.29) is 54.6 Å². The molecular weight excluding hydrogens is 1210 g/mol. The van der Waals surface area contributed by atoms with Crippen LogP contribution in [0.15, 0.2) is 171 Å². The van der Waals surface area contributed by atoms with Gasteiger partial charge in [-0.15, -0.1) is 0 Å². The van der Waals surface area contributed by atoms with Crippen molar-refractivity contribution in [1.82, 2.24) is 19.9 Å². The average molecular weight is 1250 g/mol. The van der Waals surface area contributed by atoms with E-state index < -0.39 is 20.3 Å². The van der Waals surface area contributed by atoms with Gasteiger partial charge in [-0.2, -0.15) is 14.2 Å². The summed E-state index contributed by atoms with van der Waals surface area (Å²) in [6, 6.07) is 41.2. The molecule has 22 nitrogen and oxygen atoms in total. The van der Waals surface area contributed by atoms with Crippen molar-refractivity contribution in [2.24, 2.45) is 0 Å². The molecule has 1 aliphatic rings. The summed E-state index contributed by atoms with van der Waals surface area (Å²) in [5.74, 6) is 1.47. The minimum atomic E-state index is -1.75. The third kappa shape index (κ3) is 30.6. The Morgan fingerprint density at radius 2 is 0.403 bits per heavy atom. The van der Waals surface area contributed by atoms with Gasteiger partial charge in [0.25, 0.3) is 0 Å². The third-order valence-electron chi connectivity index (χ3n) is 7.24. The molecular formula is C38H38N8O14Pb2-6. The van der Waals surface area contributed by atoms with Gasteiger partial charge in [-0.3, -0.25) is 19.9 Å². The van der Waals surface area contributed by atoms with Gasteiger partial charge in [-0.05, 0) is 94.5 Å². The van der Waals surface area contributed by atoms with Gasteiger partial charge in [0, 0.05) is 104 Å². The summed E-state index contributed by atoms with van der Waals surface area (Å²) in [4.78, 5) is 49.9. The van der Waals surface area contributed by atoms with Gasteiger partial charge >= 0.3 is 0 Å². The first-order chi connectivity index (χ1) is 28.9. The van der Waals surface area contributed by atoms with Crippen LogP contribution in [0.2, 0.25) is 0 Å². The monoisotopic (exact) mass is 1250 g/mol. The topological polar surface area (TPSA) is 362 Å². The van der Waals surface area contributed by atoms with E-state index in [1.54, 1.807) is 0 Å². The molecule has 24 heteroatoms. The fourth-order valence-corrected chi connectivity index (χ4v) is 5.52. The molecule has 0 amide bonds. The Morgan fingerprint density at radius 1 is 0.306 bits per heavy atom. The van der Waals surface area contributed by atoms with E-state index >= 15 is 0 Å². The van der Waals surface area contributed by atoms with Gasteiger partial charge in [0.2, 0.25) is 0 Å². The summed E-state index contributed by atoms with van der Waals surface area (Å²) in [5.41, 5.74) is 5.29. The Bertz CT molecular complexity index is 1610. The van der Waals surface area contributed by atoms with Gasteiger partial charge in [0.05, 0.1) is 20.3 Å². The third-order valence-corrected chi connectivity index (χ3v) is 7.24. The normalized spacial score (nSPS) is 14.0. The van der Waals surface area contributed by atoms with Gasteiger partial charge < -0.3 is 71.5 Å². The summed E-state index contributed by atoms with van der Waals surface area (Å²) in [5, 5.41) is 75.5. The van der Waals surface area contributed by atoms with Crippen molar-refractivity contribution >= 4 is 54.6 Å².